The van der Waals surface area contributed by atoms with Crippen LogP contribution >= 0.6 is 0 Å². The predicted molar refractivity (Wildman–Crippen MR) is 95.2 cm³/mol. The second-order valence-electron chi connectivity index (χ2n) is 6.40. The number of aryl methyl sites for hydroxylation is 2. The largest absolute Gasteiger partial charge is 0.346 e. The van der Waals surface area contributed by atoms with Crippen LogP contribution in [0.3, 0.4) is 0 Å². The molecule has 2 heterocycles. The molecule has 5 heteroatoms. The quantitative estimate of drug-likeness (QED) is 0.939. The molecule has 1 fully saturated rings. The zero-order valence-electron chi connectivity index (χ0n) is 14.4. The van der Waals surface area contributed by atoms with Crippen LogP contribution in [0.15, 0.2) is 30.5 Å². The van der Waals surface area contributed by atoms with Crippen molar-refractivity contribution in [1.29, 1.82) is 0 Å². The molecular weight excluding hydrogens is 300 g/mol. The van der Waals surface area contributed by atoms with Gasteiger partial charge in [-0.05, 0) is 50.8 Å². The maximum Gasteiger partial charge on any atom is 0.251 e. The molecule has 1 amide bonds. The zero-order chi connectivity index (χ0) is 16.9. The van der Waals surface area contributed by atoms with Crippen LogP contribution in [0.2, 0.25) is 0 Å². The summed E-state index contributed by atoms with van der Waals surface area (Å²) >= 11 is 0. The lowest BCUT2D eigenvalue weighted by molar-refractivity contribution is 0.0950. The van der Waals surface area contributed by atoms with Gasteiger partial charge in [0.15, 0.2) is 0 Å². The highest BCUT2D eigenvalue weighted by molar-refractivity contribution is 5.95. The summed E-state index contributed by atoms with van der Waals surface area (Å²) in [5.74, 6) is 0.707. The standard InChI is InChI=1S/C19H24N4O/c1-14-6-7-17(15(2)12-14)18(24)21-13-16-8-9-20-19(22-16)23-10-4-3-5-11-23/h6-9,12H,3-5,10-11,13H2,1-2H3,(H,21,24). The van der Waals surface area contributed by atoms with Gasteiger partial charge in [-0.3, -0.25) is 4.79 Å². The number of nitrogens with zero attached hydrogens (tertiary/aromatic N) is 3. The van der Waals surface area contributed by atoms with Gasteiger partial charge in [0.1, 0.15) is 0 Å². The van der Waals surface area contributed by atoms with Crippen molar-refractivity contribution in [2.75, 3.05) is 18.0 Å². The van der Waals surface area contributed by atoms with Crippen molar-refractivity contribution in [1.82, 2.24) is 15.3 Å². The van der Waals surface area contributed by atoms with E-state index < -0.39 is 0 Å². The fourth-order valence-corrected chi connectivity index (χ4v) is 3.06. The fourth-order valence-electron chi connectivity index (χ4n) is 3.06. The summed E-state index contributed by atoms with van der Waals surface area (Å²) < 4.78 is 0. The first-order valence-electron chi connectivity index (χ1n) is 8.56. The van der Waals surface area contributed by atoms with Gasteiger partial charge in [0.2, 0.25) is 5.95 Å². The molecule has 1 N–H and O–H groups in total. The van der Waals surface area contributed by atoms with Crippen LogP contribution in [0.1, 0.15) is 46.4 Å². The molecular formula is C19H24N4O. The lowest BCUT2D eigenvalue weighted by Crippen LogP contribution is -2.31. The van der Waals surface area contributed by atoms with E-state index >= 15 is 0 Å². The van der Waals surface area contributed by atoms with Crippen LogP contribution in [-0.4, -0.2) is 29.0 Å². The molecule has 5 nitrogen and oxygen atoms in total. The number of nitrogens with one attached hydrogen (secondary N) is 1. The van der Waals surface area contributed by atoms with Crippen molar-refractivity contribution in [3.63, 3.8) is 0 Å². The third-order valence-corrected chi connectivity index (χ3v) is 4.40. The van der Waals surface area contributed by atoms with Crippen LogP contribution in [0, 0.1) is 13.8 Å². The number of rotatable bonds is 4. The van der Waals surface area contributed by atoms with Gasteiger partial charge in [0.05, 0.1) is 12.2 Å². The Morgan fingerprint density at radius 3 is 2.71 bits per heavy atom. The van der Waals surface area contributed by atoms with Gasteiger partial charge < -0.3 is 10.2 Å². The first kappa shape index (κ1) is 16.4. The number of amides is 1. The first-order valence-corrected chi connectivity index (χ1v) is 8.56. The average Bonchev–Trinajstić information content (AvgIpc) is 2.61. The monoisotopic (exact) mass is 324 g/mol. The smallest absolute Gasteiger partial charge is 0.251 e. The van der Waals surface area contributed by atoms with Crippen LogP contribution in [0.25, 0.3) is 0 Å². The topological polar surface area (TPSA) is 58.1 Å². The van der Waals surface area contributed by atoms with E-state index in [1.807, 2.05) is 38.1 Å². The molecule has 0 spiro atoms. The number of benzene rings is 1. The van der Waals surface area contributed by atoms with Crippen molar-refractivity contribution in [2.24, 2.45) is 0 Å². The minimum Gasteiger partial charge on any atom is -0.346 e. The van der Waals surface area contributed by atoms with E-state index in [0.29, 0.717) is 12.1 Å². The van der Waals surface area contributed by atoms with Gasteiger partial charge in [-0.2, -0.15) is 0 Å². The molecule has 0 bridgehead atoms. The molecule has 1 aliphatic heterocycles. The second-order valence-corrected chi connectivity index (χ2v) is 6.40. The van der Waals surface area contributed by atoms with Gasteiger partial charge in [0.25, 0.3) is 5.91 Å². The van der Waals surface area contributed by atoms with Crippen LogP contribution in [0.5, 0.6) is 0 Å². The molecule has 24 heavy (non-hydrogen) atoms. The summed E-state index contributed by atoms with van der Waals surface area (Å²) in [4.78, 5) is 23.6. The number of hydrogen-bond donors (Lipinski definition) is 1. The Bertz CT molecular complexity index is 723. The Hall–Kier alpha value is -2.43. The minimum atomic E-state index is -0.0642. The number of hydrogen-bond acceptors (Lipinski definition) is 4. The van der Waals surface area contributed by atoms with Gasteiger partial charge >= 0.3 is 0 Å². The Morgan fingerprint density at radius 1 is 1.17 bits per heavy atom. The molecule has 0 saturated carbocycles. The summed E-state index contributed by atoms with van der Waals surface area (Å²) in [7, 11) is 0. The molecule has 1 aromatic heterocycles. The van der Waals surface area contributed by atoms with E-state index in [0.717, 1.165) is 35.9 Å². The highest BCUT2D eigenvalue weighted by atomic mass is 16.1. The minimum absolute atomic E-state index is 0.0642. The van der Waals surface area contributed by atoms with E-state index in [2.05, 4.69) is 20.2 Å². The maximum atomic E-state index is 12.4. The molecule has 0 aliphatic carbocycles. The molecule has 126 valence electrons. The molecule has 2 aromatic rings. The molecule has 0 atom stereocenters. The zero-order valence-corrected chi connectivity index (χ0v) is 14.4. The Kier molecular flexibility index (Phi) is 5.08. The van der Waals surface area contributed by atoms with Crippen LogP contribution < -0.4 is 10.2 Å². The third kappa shape index (κ3) is 3.91. The first-order chi connectivity index (χ1) is 11.6. The van der Waals surface area contributed by atoms with E-state index in [1.54, 1.807) is 6.20 Å². The average molecular weight is 324 g/mol. The van der Waals surface area contributed by atoms with E-state index in [-0.39, 0.29) is 5.91 Å². The molecule has 1 saturated heterocycles. The Labute approximate surface area is 143 Å². The van der Waals surface area contributed by atoms with E-state index in [4.69, 9.17) is 0 Å². The van der Waals surface area contributed by atoms with E-state index in [1.165, 1.54) is 19.3 Å². The Balaban J connectivity index is 1.64. The molecule has 1 aliphatic rings. The summed E-state index contributed by atoms with van der Waals surface area (Å²) in [6, 6.07) is 7.71. The normalized spacial score (nSPS) is 14.5. The predicted octanol–water partition coefficient (Wildman–Crippen LogP) is 3.01. The lowest BCUT2D eigenvalue weighted by atomic mass is 10.1. The fraction of sp³-hybridized carbons (Fsp3) is 0.421. The maximum absolute atomic E-state index is 12.4. The van der Waals surface area contributed by atoms with E-state index in [9.17, 15) is 4.79 Å². The van der Waals surface area contributed by atoms with Gasteiger partial charge in [-0.15, -0.1) is 0 Å². The van der Waals surface area contributed by atoms with Crippen molar-refractivity contribution in [2.45, 2.75) is 39.7 Å². The van der Waals surface area contributed by atoms with Crippen molar-refractivity contribution >= 4 is 11.9 Å². The SMILES string of the molecule is Cc1ccc(C(=O)NCc2ccnc(N3CCCCC3)n2)c(C)c1. The highest BCUT2D eigenvalue weighted by Gasteiger charge is 2.14. The number of aromatic nitrogens is 2. The summed E-state index contributed by atoms with van der Waals surface area (Å²) in [6.07, 6.45) is 5.44. The second kappa shape index (κ2) is 7.43. The van der Waals surface area contributed by atoms with Crippen LogP contribution in [-0.2, 0) is 6.54 Å². The molecule has 3 rings (SSSR count). The lowest BCUT2D eigenvalue weighted by Gasteiger charge is -2.26. The number of anilines is 1. The third-order valence-electron chi connectivity index (χ3n) is 4.40. The summed E-state index contributed by atoms with van der Waals surface area (Å²) in [5, 5.41) is 2.96. The van der Waals surface area contributed by atoms with Gasteiger partial charge in [-0.25, -0.2) is 9.97 Å². The van der Waals surface area contributed by atoms with Crippen molar-refractivity contribution in [3.8, 4) is 0 Å². The van der Waals surface area contributed by atoms with Gasteiger partial charge in [-0.1, -0.05) is 17.7 Å². The van der Waals surface area contributed by atoms with Crippen molar-refractivity contribution < 1.29 is 4.79 Å². The molecule has 1 aromatic carbocycles. The Morgan fingerprint density at radius 2 is 1.96 bits per heavy atom. The molecule has 0 radical (unpaired) electrons. The molecule has 0 unspecified atom stereocenters. The number of carbonyl (C=O) groups excluding carboxylic acids is 1. The summed E-state index contributed by atoms with van der Waals surface area (Å²) in [6.45, 7) is 6.42. The number of piperidine rings is 1. The number of carbonyl (C=O) groups is 1. The van der Waals surface area contributed by atoms with Gasteiger partial charge in [0, 0.05) is 24.8 Å². The van der Waals surface area contributed by atoms with Crippen LogP contribution in [0.4, 0.5) is 5.95 Å². The summed E-state index contributed by atoms with van der Waals surface area (Å²) in [5.41, 5.74) is 3.70. The highest BCUT2D eigenvalue weighted by Crippen LogP contribution is 2.15. The van der Waals surface area contributed by atoms with Crippen molar-refractivity contribution in [3.05, 3.63) is 52.8 Å².